The summed E-state index contributed by atoms with van der Waals surface area (Å²) < 4.78 is 15.0. The van der Waals surface area contributed by atoms with Gasteiger partial charge in [-0.3, -0.25) is 4.68 Å². The SMILES string of the molecule is Cn1ncc2c(F)c(C(=O)O)ccc21. The molecule has 0 spiro atoms. The number of hydrogen-bond acceptors (Lipinski definition) is 2. The maximum Gasteiger partial charge on any atom is 0.338 e. The Kier molecular flexibility index (Phi) is 1.73. The van der Waals surface area contributed by atoms with Crippen molar-refractivity contribution in [2.45, 2.75) is 0 Å². The summed E-state index contributed by atoms with van der Waals surface area (Å²) in [7, 11) is 1.67. The number of aromatic nitrogens is 2. The molecule has 1 heterocycles. The second kappa shape index (κ2) is 2.80. The molecule has 2 rings (SSSR count). The van der Waals surface area contributed by atoms with Gasteiger partial charge in [0.05, 0.1) is 22.7 Å². The summed E-state index contributed by atoms with van der Waals surface area (Å²) >= 11 is 0. The number of benzene rings is 1. The third kappa shape index (κ3) is 1.06. The van der Waals surface area contributed by atoms with E-state index in [0.29, 0.717) is 5.52 Å². The van der Waals surface area contributed by atoms with Crippen LogP contribution in [0, 0.1) is 5.82 Å². The van der Waals surface area contributed by atoms with Gasteiger partial charge in [-0.05, 0) is 12.1 Å². The molecule has 1 aromatic carbocycles. The largest absolute Gasteiger partial charge is 0.478 e. The Labute approximate surface area is 78.6 Å². The predicted octanol–water partition coefficient (Wildman–Crippen LogP) is 1.41. The van der Waals surface area contributed by atoms with Crippen LogP contribution in [0.1, 0.15) is 10.4 Å². The molecule has 2 aromatic rings. The second-order valence-corrected chi connectivity index (χ2v) is 2.93. The maximum atomic E-state index is 13.5. The van der Waals surface area contributed by atoms with Crippen LogP contribution in [0.15, 0.2) is 18.3 Å². The lowest BCUT2D eigenvalue weighted by atomic mass is 10.1. The number of carboxylic acids is 1. The van der Waals surface area contributed by atoms with E-state index in [1.165, 1.54) is 23.0 Å². The first-order valence-corrected chi connectivity index (χ1v) is 3.95. The maximum absolute atomic E-state index is 13.5. The number of fused-ring (bicyclic) bond motifs is 1. The summed E-state index contributed by atoms with van der Waals surface area (Å²) in [6.07, 6.45) is 1.32. The lowest BCUT2D eigenvalue weighted by Gasteiger charge is -1.98. The average Bonchev–Trinajstić information content (AvgIpc) is 2.49. The third-order valence-corrected chi connectivity index (χ3v) is 2.10. The Morgan fingerprint density at radius 2 is 2.29 bits per heavy atom. The highest BCUT2D eigenvalue weighted by molar-refractivity contribution is 5.93. The van der Waals surface area contributed by atoms with Gasteiger partial charge in [-0.15, -0.1) is 0 Å². The molecule has 0 saturated heterocycles. The van der Waals surface area contributed by atoms with Crippen LogP contribution in [-0.4, -0.2) is 20.9 Å². The second-order valence-electron chi connectivity index (χ2n) is 2.93. The highest BCUT2D eigenvalue weighted by Gasteiger charge is 2.14. The van der Waals surface area contributed by atoms with E-state index in [-0.39, 0.29) is 10.9 Å². The van der Waals surface area contributed by atoms with Gasteiger partial charge in [-0.1, -0.05) is 0 Å². The minimum absolute atomic E-state index is 0.229. The van der Waals surface area contributed by atoms with E-state index < -0.39 is 11.8 Å². The van der Waals surface area contributed by atoms with Gasteiger partial charge in [0.1, 0.15) is 5.82 Å². The van der Waals surface area contributed by atoms with Crippen molar-refractivity contribution in [1.29, 1.82) is 0 Å². The van der Waals surface area contributed by atoms with Crippen LogP contribution in [0.2, 0.25) is 0 Å². The van der Waals surface area contributed by atoms with E-state index in [2.05, 4.69) is 5.10 Å². The Balaban J connectivity index is 2.82. The van der Waals surface area contributed by atoms with Crippen LogP contribution in [0.5, 0.6) is 0 Å². The average molecular weight is 194 g/mol. The van der Waals surface area contributed by atoms with E-state index in [9.17, 15) is 9.18 Å². The highest BCUT2D eigenvalue weighted by atomic mass is 19.1. The standard InChI is InChI=1S/C9H7FN2O2/c1-12-7-3-2-5(9(13)14)8(10)6(7)4-11-12/h2-4H,1H3,(H,13,14). The van der Waals surface area contributed by atoms with Gasteiger partial charge >= 0.3 is 5.97 Å². The van der Waals surface area contributed by atoms with Crippen molar-refractivity contribution in [3.63, 3.8) is 0 Å². The van der Waals surface area contributed by atoms with Crippen LogP contribution in [0.3, 0.4) is 0 Å². The zero-order chi connectivity index (χ0) is 10.3. The highest BCUT2D eigenvalue weighted by Crippen LogP contribution is 2.20. The van der Waals surface area contributed by atoms with Crippen LogP contribution in [-0.2, 0) is 7.05 Å². The number of carbonyl (C=O) groups is 1. The van der Waals surface area contributed by atoms with E-state index >= 15 is 0 Å². The molecule has 0 bridgehead atoms. The Hall–Kier alpha value is -1.91. The van der Waals surface area contributed by atoms with E-state index in [1.807, 2.05) is 0 Å². The number of nitrogens with zero attached hydrogens (tertiary/aromatic N) is 2. The van der Waals surface area contributed by atoms with Crippen molar-refractivity contribution in [2.75, 3.05) is 0 Å². The Morgan fingerprint density at radius 1 is 1.57 bits per heavy atom. The lowest BCUT2D eigenvalue weighted by Crippen LogP contribution is -2.00. The van der Waals surface area contributed by atoms with Gasteiger partial charge in [0, 0.05) is 7.05 Å². The van der Waals surface area contributed by atoms with Crippen molar-refractivity contribution in [3.8, 4) is 0 Å². The lowest BCUT2D eigenvalue weighted by molar-refractivity contribution is 0.0692. The number of hydrogen-bond donors (Lipinski definition) is 1. The first-order chi connectivity index (χ1) is 6.61. The fourth-order valence-electron chi connectivity index (χ4n) is 1.36. The monoisotopic (exact) mass is 194 g/mol. The molecule has 0 unspecified atom stereocenters. The van der Waals surface area contributed by atoms with E-state index in [0.717, 1.165) is 0 Å². The molecule has 72 valence electrons. The fraction of sp³-hybridized carbons (Fsp3) is 0.111. The molecule has 5 heteroatoms. The van der Waals surface area contributed by atoms with Crippen molar-refractivity contribution in [3.05, 3.63) is 29.7 Å². The summed E-state index contributed by atoms with van der Waals surface area (Å²) in [6, 6.07) is 2.77. The van der Waals surface area contributed by atoms with Gasteiger partial charge in [-0.25, -0.2) is 9.18 Å². The van der Waals surface area contributed by atoms with Crippen LogP contribution in [0.25, 0.3) is 10.9 Å². The van der Waals surface area contributed by atoms with Crippen LogP contribution < -0.4 is 0 Å². The Bertz CT molecular complexity index is 519. The van der Waals surface area contributed by atoms with Gasteiger partial charge < -0.3 is 5.11 Å². The molecule has 0 atom stereocenters. The topological polar surface area (TPSA) is 55.1 Å². The summed E-state index contributed by atoms with van der Waals surface area (Å²) in [5.74, 6) is -2.00. The quantitative estimate of drug-likeness (QED) is 0.746. The number of aryl methyl sites for hydroxylation is 1. The van der Waals surface area contributed by atoms with Gasteiger partial charge in [0.25, 0.3) is 0 Å². The van der Waals surface area contributed by atoms with E-state index in [1.54, 1.807) is 7.05 Å². The third-order valence-electron chi connectivity index (χ3n) is 2.10. The van der Waals surface area contributed by atoms with E-state index in [4.69, 9.17) is 5.11 Å². The normalized spacial score (nSPS) is 10.7. The first-order valence-electron chi connectivity index (χ1n) is 3.95. The van der Waals surface area contributed by atoms with Gasteiger partial charge in [-0.2, -0.15) is 5.10 Å². The molecular weight excluding hydrogens is 187 g/mol. The molecule has 1 aromatic heterocycles. The molecule has 0 amide bonds. The molecule has 0 aliphatic carbocycles. The first kappa shape index (κ1) is 8.68. The smallest absolute Gasteiger partial charge is 0.338 e. The molecule has 0 aliphatic rings. The molecule has 0 radical (unpaired) electrons. The number of carboxylic acid groups (broad SMARTS) is 1. The number of rotatable bonds is 1. The molecule has 1 N–H and O–H groups in total. The van der Waals surface area contributed by atoms with Crippen LogP contribution in [0.4, 0.5) is 4.39 Å². The van der Waals surface area contributed by atoms with Crippen molar-refractivity contribution in [2.24, 2.45) is 7.05 Å². The van der Waals surface area contributed by atoms with Gasteiger partial charge in [0.2, 0.25) is 0 Å². The van der Waals surface area contributed by atoms with Crippen molar-refractivity contribution < 1.29 is 14.3 Å². The predicted molar refractivity (Wildman–Crippen MR) is 47.6 cm³/mol. The summed E-state index contributed by atoms with van der Waals surface area (Å²) in [5, 5.41) is 12.7. The number of aromatic carboxylic acids is 1. The zero-order valence-corrected chi connectivity index (χ0v) is 7.36. The minimum atomic E-state index is -1.27. The molecule has 0 saturated carbocycles. The molecule has 0 fully saturated rings. The summed E-state index contributed by atoms with van der Waals surface area (Å²) in [4.78, 5) is 10.6. The Morgan fingerprint density at radius 3 is 2.93 bits per heavy atom. The molecule has 14 heavy (non-hydrogen) atoms. The van der Waals surface area contributed by atoms with Gasteiger partial charge in [0.15, 0.2) is 0 Å². The van der Waals surface area contributed by atoms with Crippen molar-refractivity contribution in [1.82, 2.24) is 9.78 Å². The summed E-state index contributed by atoms with van der Waals surface area (Å²) in [6.45, 7) is 0. The minimum Gasteiger partial charge on any atom is -0.478 e. The molecule has 0 aliphatic heterocycles. The molecular formula is C9H7FN2O2. The molecule has 4 nitrogen and oxygen atoms in total. The number of halogens is 1. The zero-order valence-electron chi connectivity index (χ0n) is 7.36. The summed E-state index contributed by atoms with van der Waals surface area (Å²) in [5.41, 5.74) is 0.248. The fourth-order valence-corrected chi connectivity index (χ4v) is 1.36. The van der Waals surface area contributed by atoms with Crippen LogP contribution >= 0.6 is 0 Å². The van der Waals surface area contributed by atoms with Crippen molar-refractivity contribution >= 4 is 16.9 Å².